The average Bonchev–Trinajstić information content (AvgIpc) is 3.19. The third-order valence-corrected chi connectivity index (χ3v) is 8.18. The molecule has 0 aromatic heterocycles. The number of rotatable bonds is 9. The molecule has 7 nitrogen and oxygen atoms in total. The molecule has 2 amide bonds. The van der Waals surface area contributed by atoms with Crippen molar-refractivity contribution in [2.75, 3.05) is 30.1 Å². The van der Waals surface area contributed by atoms with Crippen LogP contribution in [0.5, 0.6) is 0 Å². The lowest BCUT2D eigenvalue weighted by Gasteiger charge is -2.35. The zero-order valence-corrected chi connectivity index (χ0v) is 21.5. The van der Waals surface area contributed by atoms with Gasteiger partial charge in [0.05, 0.1) is 6.61 Å². The largest absolute Gasteiger partial charge is 0.533 e. The molecular weight excluding hydrogens is 484 g/mol. The molecule has 1 fully saturated rings. The second-order valence-electron chi connectivity index (χ2n) is 8.03. The second-order valence-corrected chi connectivity index (χ2v) is 10.2. The van der Waals surface area contributed by atoms with E-state index in [4.69, 9.17) is 9.57 Å². The second kappa shape index (κ2) is 11.7. The van der Waals surface area contributed by atoms with Crippen LogP contribution in [0.4, 0.5) is 16.2 Å². The predicted octanol–water partition coefficient (Wildman–Crippen LogP) is 5.97. The minimum atomic E-state index is -1.05. The van der Waals surface area contributed by atoms with Gasteiger partial charge >= 0.3 is 6.16 Å². The highest BCUT2D eigenvalue weighted by molar-refractivity contribution is 8.22. The molecule has 0 spiro atoms. The number of carbonyl (C=O) groups excluding carboxylic acids is 3. The Morgan fingerprint density at radius 2 is 1.57 bits per heavy atom. The van der Waals surface area contributed by atoms with Gasteiger partial charge in [-0.3, -0.25) is 14.4 Å². The van der Waals surface area contributed by atoms with Crippen molar-refractivity contribution in [1.29, 1.82) is 0 Å². The minimum Gasteiger partial charge on any atom is -0.433 e. The molecule has 0 saturated carbocycles. The first kappa shape index (κ1) is 25.2. The highest BCUT2D eigenvalue weighted by Gasteiger charge is 2.33. The maximum Gasteiger partial charge on any atom is 0.533 e. The number of hydrogen-bond donors (Lipinski definition) is 0. The first-order chi connectivity index (χ1) is 17.0. The number of carbonyl (C=O) groups is 3. The third-order valence-electron chi connectivity index (χ3n) is 5.67. The van der Waals surface area contributed by atoms with Crippen LogP contribution in [0.1, 0.15) is 43.7 Å². The molecule has 9 heteroatoms. The van der Waals surface area contributed by atoms with Gasteiger partial charge in [0.15, 0.2) is 0 Å². The van der Waals surface area contributed by atoms with Gasteiger partial charge in [0, 0.05) is 51.7 Å². The van der Waals surface area contributed by atoms with E-state index >= 15 is 0 Å². The Morgan fingerprint density at radius 1 is 0.971 bits per heavy atom. The summed E-state index contributed by atoms with van der Waals surface area (Å²) >= 11 is 3.68. The SMILES string of the molecule is CCCSC(SC)=C1c2ccccc2N(CCCOC(=O)ON2C(=O)CCC2=O)c2ccccc21. The van der Waals surface area contributed by atoms with Gasteiger partial charge in [0.1, 0.15) is 0 Å². The van der Waals surface area contributed by atoms with Crippen LogP contribution >= 0.6 is 23.5 Å². The van der Waals surface area contributed by atoms with Crippen molar-refractivity contribution in [2.45, 2.75) is 32.6 Å². The highest BCUT2D eigenvalue weighted by atomic mass is 32.2. The van der Waals surface area contributed by atoms with Crippen molar-refractivity contribution >= 4 is 58.4 Å². The molecule has 184 valence electrons. The van der Waals surface area contributed by atoms with E-state index in [2.05, 4.69) is 54.5 Å². The van der Waals surface area contributed by atoms with Gasteiger partial charge < -0.3 is 9.64 Å². The topological polar surface area (TPSA) is 76.2 Å². The number of thioether (sulfide) groups is 2. The van der Waals surface area contributed by atoms with Crippen molar-refractivity contribution in [3.8, 4) is 0 Å². The number of imide groups is 1. The number of anilines is 2. The minimum absolute atomic E-state index is 0.0472. The van der Waals surface area contributed by atoms with Crippen LogP contribution in [-0.2, 0) is 19.2 Å². The molecule has 2 aliphatic rings. The standard InChI is InChI=1S/C26H28N2O5S2/c1-3-17-35-25(34-2)24-18-9-4-6-11-20(18)27(21-12-7-5-10-19(21)24)15-8-16-32-26(31)33-28-22(29)13-14-23(28)30/h4-7,9-12H,3,8,13-17H2,1-2H3. The molecule has 4 rings (SSSR count). The van der Waals surface area contributed by atoms with Crippen LogP contribution in [-0.4, -0.2) is 48.2 Å². The van der Waals surface area contributed by atoms with E-state index in [1.54, 1.807) is 11.8 Å². The molecule has 0 aliphatic carbocycles. The summed E-state index contributed by atoms with van der Waals surface area (Å²) in [6.07, 6.45) is 2.83. The first-order valence-electron chi connectivity index (χ1n) is 11.6. The molecule has 35 heavy (non-hydrogen) atoms. The Bertz CT molecular complexity index is 1080. The van der Waals surface area contributed by atoms with Crippen LogP contribution in [0, 0.1) is 0 Å². The summed E-state index contributed by atoms with van der Waals surface area (Å²) < 4.78 is 6.45. The molecule has 2 aliphatic heterocycles. The Hall–Kier alpha value is -2.91. The monoisotopic (exact) mass is 512 g/mol. The van der Waals surface area contributed by atoms with E-state index in [0.717, 1.165) is 23.5 Å². The number of fused-ring (bicyclic) bond motifs is 2. The normalized spacial score (nSPS) is 14.6. The maximum absolute atomic E-state index is 12.0. The quantitative estimate of drug-likeness (QED) is 0.231. The Balaban J connectivity index is 1.50. The van der Waals surface area contributed by atoms with Crippen molar-refractivity contribution in [3.05, 3.63) is 63.9 Å². The Kier molecular flexibility index (Phi) is 8.41. The van der Waals surface area contributed by atoms with Crippen LogP contribution in [0.2, 0.25) is 0 Å². The Labute approximate surface area is 213 Å². The predicted molar refractivity (Wildman–Crippen MR) is 140 cm³/mol. The summed E-state index contributed by atoms with van der Waals surface area (Å²) in [5.74, 6) is 0.00795. The van der Waals surface area contributed by atoms with Gasteiger partial charge in [-0.2, -0.15) is 0 Å². The van der Waals surface area contributed by atoms with Crippen molar-refractivity contribution in [1.82, 2.24) is 5.06 Å². The number of amides is 2. The van der Waals surface area contributed by atoms with Gasteiger partial charge in [-0.25, -0.2) is 4.79 Å². The smallest absolute Gasteiger partial charge is 0.433 e. The lowest BCUT2D eigenvalue weighted by atomic mass is 9.91. The van der Waals surface area contributed by atoms with Crippen LogP contribution in [0.25, 0.3) is 5.57 Å². The molecule has 1 saturated heterocycles. The summed E-state index contributed by atoms with van der Waals surface area (Å²) in [5, 5.41) is 0.493. The van der Waals surface area contributed by atoms with E-state index in [9.17, 15) is 14.4 Å². The van der Waals surface area contributed by atoms with E-state index in [0.29, 0.717) is 18.0 Å². The maximum atomic E-state index is 12.0. The molecule has 0 N–H and O–H groups in total. The number of ether oxygens (including phenoxy) is 1. The first-order valence-corrected chi connectivity index (χ1v) is 13.8. The molecule has 0 unspecified atom stereocenters. The van der Waals surface area contributed by atoms with E-state index < -0.39 is 18.0 Å². The van der Waals surface area contributed by atoms with Gasteiger partial charge in [0.2, 0.25) is 0 Å². The molecule has 2 aromatic carbocycles. The number of hydroxylamine groups is 2. The molecule has 0 bridgehead atoms. The van der Waals surface area contributed by atoms with Gasteiger partial charge in [-0.05, 0) is 37.0 Å². The van der Waals surface area contributed by atoms with Crippen molar-refractivity contribution < 1.29 is 24.0 Å². The fraction of sp³-hybridized carbons (Fsp3) is 0.346. The molecule has 2 aromatic rings. The van der Waals surface area contributed by atoms with E-state index in [1.807, 2.05) is 23.9 Å². The highest BCUT2D eigenvalue weighted by Crippen LogP contribution is 2.49. The van der Waals surface area contributed by atoms with Gasteiger partial charge in [-0.15, -0.1) is 23.5 Å². The molecule has 2 heterocycles. The van der Waals surface area contributed by atoms with Crippen LogP contribution in [0.3, 0.4) is 0 Å². The fourth-order valence-corrected chi connectivity index (χ4v) is 6.04. The zero-order chi connectivity index (χ0) is 24.8. The van der Waals surface area contributed by atoms with Gasteiger partial charge in [-0.1, -0.05) is 48.4 Å². The van der Waals surface area contributed by atoms with Crippen LogP contribution < -0.4 is 4.90 Å². The average molecular weight is 513 g/mol. The number of benzene rings is 2. The lowest BCUT2D eigenvalue weighted by molar-refractivity contribution is -0.177. The molecule has 0 atom stereocenters. The third kappa shape index (κ3) is 5.51. The summed E-state index contributed by atoms with van der Waals surface area (Å²) in [6.45, 7) is 2.91. The van der Waals surface area contributed by atoms with Crippen molar-refractivity contribution in [2.24, 2.45) is 0 Å². The molecule has 0 radical (unpaired) electrons. The van der Waals surface area contributed by atoms with Crippen LogP contribution in [0.15, 0.2) is 52.8 Å². The molecular formula is C26H28N2O5S2. The summed E-state index contributed by atoms with van der Waals surface area (Å²) in [4.78, 5) is 42.2. The Morgan fingerprint density at radius 3 is 2.14 bits per heavy atom. The number of para-hydroxylation sites is 2. The number of hydrogen-bond acceptors (Lipinski definition) is 8. The van der Waals surface area contributed by atoms with Gasteiger partial charge in [0.25, 0.3) is 11.8 Å². The van der Waals surface area contributed by atoms with E-state index in [1.165, 1.54) is 20.9 Å². The number of nitrogens with zero attached hydrogens (tertiary/aromatic N) is 2. The fourth-order valence-electron chi connectivity index (χ4n) is 4.14. The summed E-state index contributed by atoms with van der Waals surface area (Å²) in [6, 6.07) is 16.8. The van der Waals surface area contributed by atoms with E-state index in [-0.39, 0.29) is 19.4 Å². The zero-order valence-electron chi connectivity index (χ0n) is 19.8. The summed E-state index contributed by atoms with van der Waals surface area (Å²) in [7, 11) is 0. The van der Waals surface area contributed by atoms with Crippen molar-refractivity contribution in [3.63, 3.8) is 0 Å². The lowest BCUT2D eigenvalue weighted by Crippen LogP contribution is -2.32. The summed E-state index contributed by atoms with van der Waals surface area (Å²) in [5.41, 5.74) is 5.86.